The summed E-state index contributed by atoms with van der Waals surface area (Å²) in [7, 11) is 0. The summed E-state index contributed by atoms with van der Waals surface area (Å²) in [6.07, 6.45) is 7.52. The molecule has 0 spiro atoms. The first kappa shape index (κ1) is 17.6. The van der Waals surface area contributed by atoms with Gasteiger partial charge >= 0.3 is 0 Å². The predicted molar refractivity (Wildman–Crippen MR) is 103 cm³/mol. The van der Waals surface area contributed by atoms with E-state index in [4.69, 9.17) is 11.3 Å². The molecule has 0 heterocycles. The molecule has 0 radical (unpaired) electrons. The summed E-state index contributed by atoms with van der Waals surface area (Å²) in [5.74, 6) is 8.53. The van der Waals surface area contributed by atoms with Crippen molar-refractivity contribution in [1.82, 2.24) is 10.3 Å². The summed E-state index contributed by atoms with van der Waals surface area (Å²) in [6, 6.07) is 0.680. The molecular weight excluding hydrogens is 308 g/mol. The second-order valence-electron chi connectivity index (χ2n) is 11.2. The lowest BCUT2D eigenvalue weighted by Crippen LogP contribution is -2.59. The van der Waals surface area contributed by atoms with Crippen molar-refractivity contribution in [2.75, 3.05) is 0 Å². The van der Waals surface area contributed by atoms with Crippen LogP contribution in [0.25, 0.3) is 0 Å². The van der Waals surface area contributed by atoms with Gasteiger partial charge in [-0.1, -0.05) is 41.5 Å². The van der Waals surface area contributed by atoms with Crippen LogP contribution in [0.4, 0.5) is 0 Å². The number of hydrogen-bond donors (Lipinski definition) is 3. The van der Waals surface area contributed by atoms with Gasteiger partial charge in [-0.05, 0) is 72.0 Å². The van der Waals surface area contributed by atoms with Gasteiger partial charge in [0.2, 0.25) is 5.96 Å². The van der Waals surface area contributed by atoms with Gasteiger partial charge in [-0.15, -0.1) is 0 Å². The Kier molecular flexibility index (Phi) is 3.48. The van der Waals surface area contributed by atoms with Crippen molar-refractivity contribution in [3.05, 3.63) is 0 Å². The smallest absolute Gasteiger partial charge is 0.206 e. The molecule has 4 bridgehead atoms. The van der Waals surface area contributed by atoms with Crippen LogP contribution in [0.15, 0.2) is 0 Å². The van der Waals surface area contributed by atoms with E-state index in [1.54, 1.807) is 5.01 Å². The van der Waals surface area contributed by atoms with Gasteiger partial charge < -0.3 is 5.32 Å². The van der Waals surface area contributed by atoms with Crippen molar-refractivity contribution in [1.29, 1.82) is 5.41 Å². The molecule has 0 aromatic carbocycles. The Labute approximate surface area is 153 Å². The van der Waals surface area contributed by atoms with Crippen molar-refractivity contribution in [3.63, 3.8) is 0 Å². The summed E-state index contributed by atoms with van der Waals surface area (Å²) in [4.78, 5) is 0. The Hall–Kier alpha value is -0.770. The lowest BCUT2D eigenvalue weighted by molar-refractivity contribution is 0.0743. The van der Waals surface area contributed by atoms with Gasteiger partial charge in [0.05, 0.1) is 6.04 Å². The summed E-state index contributed by atoms with van der Waals surface area (Å²) in [5.41, 5.74) is 1.20. The van der Waals surface area contributed by atoms with Gasteiger partial charge in [0.25, 0.3) is 0 Å². The standard InChI is InChI=1S/C21H38N4/c1-18(2)13-7-9-20(18,5)15(11-13)24-17(22)25(23)16-12-14-8-10-21(16,6)19(14,3)4/h13-16H,7-12,23H2,1-6H3,(H2,22,24). The fourth-order valence-electron chi connectivity index (χ4n) is 7.40. The first-order valence-electron chi connectivity index (χ1n) is 10.3. The first-order valence-corrected chi connectivity index (χ1v) is 10.3. The molecule has 0 amide bonds. The lowest BCUT2D eigenvalue weighted by Gasteiger charge is -2.45. The maximum atomic E-state index is 8.71. The Morgan fingerprint density at radius 1 is 0.920 bits per heavy atom. The van der Waals surface area contributed by atoms with Crippen LogP contribution < -0.4 is 11.2 Å². The monoisotopic (exact) mass is 346 g/mol. The maximum Gasteiger partial charge on any atom is 0.206 e. The van der Waals surface area contributed by atoms with E-state index in [-0.39, 0.29) is 10.8 Å². The highest BCUT2D eigenvalue weighted by Gasteiger charge is 2.64. The number of fused-ring (bicyclic) bond motifs is 4. The van der Waals surface area contributed by atoms with Crippen LogP contribution in [0, 0.1) is 38.9 Å². The largest absolute Gasteiger partial charge is 0.352 e. The molecule has 4 fully saturated rings. The molecule has 4 rings (SSSR count). The van der Waals surface area contributed by atoms with Crippen LogP contribution in [0.5, 0.6) is 0 Å². The van der Waals surface area contributed by atoms with Crippen LogP contribution >= 0.6 is 0 Å². The highest BCUT2D eigenvalue weighted by atomic mass is 15.5. The molecule has 4 heteroatoms. The zero-order valence-electron chi connectivity index (χ0n) is 17.1. The van der Waals surface area contributed by atoms with Crippen molar-refractivity contribution >= 4 is 5.96 Å². The molecule has 4 aliphatic carbocycles. The molecule has 0 saturated heterocycles. The minimum absolute atomic E-state index is 0.220. The summed E-state index contributed by atoms with van der Waals surface area (Å²) in [6.45, 7) is 14.5. The van der Waals surface area contributed by atoms with Gasteiger partial charge in [-0.25, -0.2) is 5.84 Å². The Balaban J connectivity index is 1.48. The fourth-order valence-corrected chi connectivity index (χ4v) is 7.40. The van der Waals surface area contributed by atoms with E-state index < -0.39 is 0 Å². The number of hydrogen-bond acceptors (Lipinski definition) is 2. The minimum atomic E-state index is 0.220. The normalized spacial score (nSPS) is 48.8. The summed E-state index contributed by atoms with van der Waals surface area (Å²) in [5, 5.41) is 14.1. The lowest BCUT2D eigenvalue weighted by atomic mass is 9.69. The van der Waals surface area contributed by atoms with E-state index >= 15 is 0 Å². The second kappa shape index (κ2) is 4.94. The Morgan fingerprint density at radius 2 is 1.44 bits per heavy atom. The molecule has 6 unspecified atom stereocenters. The number of nitrogens with zero attached hydrogens (tertiary/aromatic N) is 1. The molecular formula is C21H38N4. The number of hydrazine groups is 1. The van der Waals surface area contributed by atoms with Crippen LogP contribution in [0.2, 0.25) is 0 Å². The van der Waals surface area contributed by atoms with Crippen LogP contribution in [0.3, 0.4) is 0 Å². The number of guanidine groups is 1. The van der Waals surface area contributed by atoms with Crippen molar-refractivity contribution in [2.24, 2.45) is 39.3 Å². The molecule has 0 aromatic rings. The van der Waals surface area contributed by atoms with Crippen LogP contribution in [-0.2, 0) is 0 Å². The van der Waals surface area contributed by atoms with E-state index in [9.17, 15) is 0 Å². The summed E-state index contributed by atoms with van der Waals surface area (Å²) >= 11 is 0. The second-order valence-corrected chi connectivity index (χ2v) is 11.2. The van der Waals surface area contributed by atoms with Gasteiger partial charge in [-0.3, -0.25) is 10.4 Å². The van der Waals surface area contributed by atoms with E-state index in [0.717, 1.165) is 18.3 Å². The van der Waals surface area contributed by atoms with Crippen molar-refractivity contribution in [3.8, 4) is 0 Å². The molecule has 6 atom stereocenters. The predicted octanol–water partition coefficient (Wildman–Crippen LogP) is 4.12. The van der Waals surface area contributed by atoms with Crippen LogP contribution in [0.1, 0.15) is 80.1 Å². The van der Waals surface area contributed by atoms with E-state index in [2.05, 4.69) is 46.9 Å². The highest BCUT2D eigenvalue weighted by Crippen LogP contribution is 2.67. The third-order valence-electron chi connectivity index (χ3n) is 10.4. The van der Waals surface area contributed by atoms with Gasteiger partial charge in [-0.2, -0.15) is 0 Å². The SMILES string of the molecule is CC1(C)C2CCC1(C)C(NC(=N)N(N)C1CC3CCC1(C)C3(C)C)C2. The van der Waals surface area contributed by atoms with Crippen LogP contribution in [-0.4, -0.2) is 23.1 Å². The quantitative estimate of drug-likeness (QED) is 0.305. The third kappa shape index (κ3) is 1.95. The molecule has 4 aliphatic rings. The van der Waals surface area contributed by atoms with E-state index in [1.165, 1.54) is 32.1 Å². The summed E-state index contributed by atoms with van der Waals surface area (Å²) < 4.78 is 0. The molecule has 25 heavy (non-hydrogen) atoms. The molecule has 0 aliphatic heterocycles. The Bertz CT molecular complexity index is 597. The topological polar surface area (TPSA) is 65.1 Å². The average molecular weight is 347 g/mol. The van der Waals surface area contributed by atoms with E-state index in [1.807, 2.05) is 0 Å². The van der Waals surface area contributed by atoms with E-state index in [0.29, 0.717) is 28.9 Å². The first-order chi connectivity index (χ1) is 11.4. The number of nitrogens with two attached hydrogens (primary N) is 1. The number of rotatable bonds is 2. The minimum Gasteiger partial charge on any atom is -0.352 e. The van der Waals surface area contributed by atoms with Gasteiger partial charge in [0.1, 0.15) is 0 Å². The van der Waals surface area contributed by atoms with Crippen molar-refractivity contribution < 1.29 is 0 Å². The van der Waals surface area contributed by atoms with Gasteiger partial charge in [0.15, 0.2) is 0 Å². The molecule has 142 valence electrons. The molecule has 4 nitrogen and oxygen atoms in total. The maximum absolute atomic E-state index is 8.71. The Morgan fingerprint density at radius 3 is 1.84 bits per heavy atom. The zero-order chi connectivity index (χ0) is 18.4. The molecule has 4 N–H and O–H groups in total. The molecule has 0 aromatic heterocycles. The third-order valence-corrected chi connectivity index (χ3v) is 10.4. The highest BCUT2D eigenvalue weighted by molar-refractivity contribution is 5.77. The number of nitrogens with one attached hydrogen (secondary N) is 2. The van der Waals surface area contributed by atoms with Crippen molar-refractivity contribution in [2.45, 2.75) is 92.2 Å². The van der Waals surface area contributed by atoms with Gasteiger partial charge in [0, 0.05) is 6.04 Å². The zero-order valence-corrected chi connectivity index (χ0v) is 17.1. The average Bonchev–Trinajstić information content (AvgIpc) is 3.05. The molecule has 4 saturated carbocycles. The fraction of sp³-hybridized carbons (Fsp3) is 0.952.